The van der Waals surface area contributed by atoms with Gasteiger partial charge in [0.2, 0.25) is 5.91 Å². The molecule has 0 saturated heterocycles. The summed E-state index contributed by atoms with van der Waals surface area (Å²) in [5.41, 5.74) is 9.12. The Balaban J connectivity index is 2.86. The van der Waals surface area contributed by atoms with E-state index in [2.05, 4.69) is 45.1 Å². The molecule has 1 rings (SSSR count). The lowest BCUT2D eigenvalue weighted by Gasteiger charge is -2.17. The predicted octanol–water partition coefficient (Wildman–Crippen LogP) is 4.00. The summed E-state index contributed by atoms with van der Waals surface area (Å²) in [5, 5.41) is 3.02. The summed E-state index contributed by atoms with van der Waals surface area (Å²) >= 11 is 0. The molecule has 0 aliphatic heterocycles. The van der Waals surface area contributed by atoms with Crippen molar-refractivity contribution in [2.24, 2.45) is 5.73 Å². The Kier molecular flexibility index (Phi) is 6.21. The van der Waals surface area contributed by atoms with Gasteiger partial charge in [-0.25, -0.2) is 0 Å². The fourth-order valence-corrected chi connectivity index (χ4v) is 2.10. The maximum Gasteiger partial charge on any atom is 0.224 e. The van der Waals surface area contributed by atoms with Crippen molar-refractivity contribution < 1.29 is 4.79 Å². The lowest BCUT2D eigenvalue weighted by Crippen LogP contribution is -2.20. The van der Waals surface area contributed by atoms with Crippen LogP contribution >= 0.6 is 0 Å². The molecule has 112 valence electrons. The quantitative estimate of drug-likeness (QED) is 0.825. The Bertz CT molecular complexity index is 450. The average molecular weight is 276 g/mol. The van der Waals surface area contributed by atoms with Crippen LogP contribution in [-0.2, 0) is 4.79 Å². The van der Waals surface area contributed by atoms with Crippen molar-refractivity contribution >= 4 is 11.6 Å². The highest BCUT2D eigenvalue weighted by atomic mass is 16.1. The van der Waals surface area contributed by atoms with E-state index in [9.17, 15) is 4.79 Å². The van der Waals surface area contributed by atoms with Gasteiger partial charge in [0, 0.05) is 18.2 Å². The molecule has 0 aliphatic carbocycles. The smallest absolute Gasteiger partial charge is 0.224 e. The minimum atomic E-state index is 0.0431. The molecule has 1 atom stereocenters. The molecule has 0 spiro atoms. The van der Waals surface area contributed by atoms with Gasteiger partial charge < -0.3 is 11.1 Å². The first-order chi connectivity index (χ1) is 9.31. The highest BCUT2D eigenvalue weighted by molar-refractivity contribution is 5.91. The van der Waals surface area contributed by atoms with Crippen molar-refractivity contribution in [2.45, 2.75) is 65.3 Å². The SMILES string of the molecule is CC(N)CCC(=O)Nc1ccc(C(C)C)cc1C(C)C. The second kappa shape index (κ2) is 7.44. The zero-order valence-electron chi connectivity index (χ0n) is 13.4. The van der Waals surface area contributed by atoms with Gasteiger partial charge in [0.15, 0.2) is 0 Å². The van der Waals surface area contributed by atoms with E-state index >= 15 is 0 Å². The van der Waals surface area contributed by atoms with Crippen LogP contribution in [0.3, 0.4) is 0 Å². The molecule has 1 amide bonds. The number of nitrogens with one attached hydrogen (secondary N) is 1. The molecule has 3 nitrogen and oxygen atoms in total. The Morgan fingerprint density at radius 1 is 1.15 bits per heavy atom. The Morgan fingerprint density at radius 2 is 1.80 bits per heavy atom. The first-order valence-electron chi connectivity index (χ1n) is 7.50. The van der Waals surface area contributed by atoms with Crippen LogP contribution in [0.5, 0.6) is 0 Å². The van der Waals surface area contributed by atoms with Gasteiger partial charge in [0.25, 0.3) is 0 Å². The molecule has 3 heteroatoms. The highest BCUT2D eigenvalue weighted by Crippen LogP contribution is 2.28. The topological polar surface area (TPSA) is 55.1 Å². The van der Waals surface area contributed by atoms with Crippen LogP contribution in [0.1, 0.15) is 70.4 Å². The van der Waals surface area contributed by atoms with E-state index in [1.807, 2.05) is 13.0 Å². The van der Waals surface area contributed by atoms with Crippen LogP contribution in [0.15, 0.2) is 18.2 Å². The second-order valence-electron chi connectivity index (χ2n) is 6.22. The molecule has 0 aromatic heterocycles. The number of hydrogen-bond acceptors (Lipinski definition) is 2. The van der Waals surface area contributed by atoms with Gasteiger partial charge in [-0.3, -0.25) is 4.79 Å². The van der Waals surface area contributed by atoms with Crippen LogP contribution < -0.4 is 11.1 Å². The van der Waals surface area contributed by atoms with Gasteiger partial charge in [-0.15, -0.1) is 0 Å². The summed E-state index contributed by atoms with van der Waals surface area (Å²) in [7, 11) is 0. The summed E-state index contributed by atoms with van der Waals surface area (Å²) in [6.07, 6.45) is 1.19. The van der Waals surface area contributed by atoms with Crippen molar-refractivity contribution in [1.82, 2.24) is 0 Å². The van der Waals surface area contributed by atoms with Crippen LogP contribution in [0.4, 0.5) is 5.69 Å². The Hall–Kier alpha value is -1.35. The zero-order chi connectivity index (χ0) is 15.3. The molecule has 0 bridgehead atoms. The molecular formula is C17H28N2O. The van der Waals surface area contributed by atoms with Crippen molar-refractivity contribution in [3.8, 4) is 0 Å². The van der Waals surface area contributed by atoms with Crippen molar-refractivity contribution in [3.63, 3.8) is 0 Å². The predicted molar refractivity (Wildman–Crippen MR) is 86.1 cm³/mol. The van der Waals surface area contributed by atoms with E-state index < -0.39 is 0 Å². The highest BCUT2D eigenvalue weighted by Gasteiger charge is 2.12. The summed E-state index contributed by atoms with van der Waals surface area (Å²) in [6, 6.07) is 6.39. The molecule has 1 aromatic rings. The van der Waals surface area contributed by atoms with Crippen LogP contribution in [-0.4, -0.2) is 11.9 Å². The maximum atomic E-state index is 11.9. The van der Waals surface area contributed by atoms with E-state index in [4.69, 9.17) is 5.73 Å². The van der Waals surface area contributed by atoms with E-state index in [0.717, 1.165) is 5.69 Å². The number of benzene rings is 1. The minimum absolute atomic E-state index is 0.0431. The van der Waals surface area contributed by atoms with Gasteiger partial charge in [-0.05, 0) is 42.4 Å². The van der Waals surface area contributed by atoms with Gasteiger partial charge in [0.1, 0.15) is 0 Å². The van der Waals surface area contributed by atoms with Gasteiger partial charge in [-0.1, -0.05) is 39.8 Å². The van der Waals surface area contributed by atoms with Crippen LogP contribution in [0, 0.1) is 0 Å². The first-order valence-corrected chi connectivity index (χ1v) is 7.50. The number of amides is 1. The number of anilines is 1. The number of carbonyl (C=O) groups is 1. The van der Waals surface area contributed by atoms with Gasteiger partial charge in [0.05, 0.1) is 0 Å². The molecular weight excluding hydrogens is 248 g/mol. The lowest BCUT2D eigenvalue weighted by atomic mass is 9.94. The van der Waals surface area contributed by atoms with E-state index in [0.29, 0.717) is 24.7 Å². The summed E-state index contributed by atoms with van der Waals surface area (Å²) in [4.78, 5) is 11.9. The Labute approximate surface area is 122 Å². The third-order valence-electron chi connectivity index (χ3n) is 3.47. The van der Waals surface area contributed by atoms with Crippen LogP contribution in [0.2, 0.25) is 0 Å². The summed E-state index contributed by atoms with van der Waals surface area (Å²) in [6.45, 7) is 10.6. The van der Waals surface area contributed by atoms with Gasteiger partial charge in [-0.2, -0.15) is 0 Å². The second-order valence-corrected chi connectivity index (χ2v) is 6.22. The van der Waals surface area contributed by atoms with Crippen LogP contribution in [0.25, 0.3) is 0 Å². The average Bonchev–Trinajstić information content (AvgIpc) is 2.36. The fraction of sp³-hybridized carbons (Fsp3) is 0.588. The summed E-state index contributed by atoms with van der Waals surface area (Å²) < 4.78 is 0. The molecule has 0 radical (unpaired) electrons. The number of nitrogens with two attached hydrogens (primary N) is 1. The molecule has 0 fully saturated rings. The lowest BCUT2D eigenvalue weighted by molar-refractivity contribution is -0.116. The van der Waals surface area contributed by atoms with Crippen molar-refractivity contribution in [1.29, 1.82) is 0 Å². The number of hydrogen-bond donors (Lipinski definition) is 2. The standard InChI is InChI=1S/C17H28N2O/c1-11(2)14-7-8-16(15(10-14)12(3)4)19-17(20)9-6-13(5)18/h7-8,10-13H,6,9,18H2,1-5H3,(H,19,20). The molecule has 0 heterocycles. The van der Waals surface area contributed by atoms with E-state index in [1.165, 1.54) is 11.1 Å². The number of rotatable bonds is 6. The van der Waals surface area contributed by atoms with E-state index in [-0.39, 0.29) is 11.9 Å². The molecule has 3 N–H and O–H groups in total. The minimum Gasteiger partial charge on any atom is -0.328 e. The molecule has 1 unspecified atom stereocenters. The number of carbonyl (C=O) groups excluding carboxylic acids is 1. The molecule has 0 saturated carbocycles. The van der Waals surface area contributed by atoms with Crippen molar-refractivity contribution in [2.75, 3.05) is 5.32 Å². The van der Waals surface area contributed by atoms with Crippen molar-refractivity contribution in [3.05, 3.63) is 29.3 Å². The third kappa shape index (κ3) is 4.97. The Morgan fingerprint density at radius 3 is 2.30 bits per heavy atom. The molecule has 1 aromatic carbocycles. The first kappa shape index (κ1) is 16.7. The largest absolute Gasteiger partial charge is 0.328 e. The summed E-state index contributed by atoms with van der Waals surface area (Å²) in [5.74, 6) is 0.925. The normalized spacial score (nSPS) is 12.8. The molecule has 20 heavy (non-hydrogen) atoms. The van der Waals surface area contributed by atoms with Gasteiger partial charge >= 0.3 is 0 Å². The molecule has 0 aliphatic rings. The third-order valence-corrected chi connectivity index (χ3v) is 3.47. The monoisotopic (exact) mass is 276 g/mol. The zero-order valence-corrected chi connectivity index (χ0v) is 13.4. The maximum absolute atomic E-state index is 11.9. The fourth-order valence-electron chi connectivity index (χ4n) is 2.10. The van der Waals surface area contributed by atoms with E-state index in [1.54, 1.807) is 0 Å².